The van der Waals surface area contributed by atoms with Gasteiger partial charge in [-0.1, -0.05) is 23.9 Å². The number of morpholine rings is 1. The first kappa shape index (κ1) is 21.8. The van der Waals surface area contributed by atoms with Gasteiger partial charge in [0.1, 0.15) is 0 Å². The minimum atomic E-state index is 0.173. The molecule has 1 amide bonds. The lowest BCUT2D eigenvalue weighted by Crippen LogP contribution is -2.42. The number of piperidine rings is 1. The monoisotopic (exact) mass is 430 g/mol. The number of thioether (sulfide) groups is 1. The highest BCUT2D eigenvalue weighted by atomic mass is 32.2. The minimum absolute atomic E-state index is 0.173. The number of hydrogen-bond acceptors (Lipinski definition) is 6. The molecule has 6 nitrogen and oxygen atoms in total. The molecular weight excluding hydrogens is 396 g/mol. The standard InChI is InChI=1S/C23H34N4O2S/c1-18-16-24-23(30-15-12-26-10-13-29-14-11-26)25-21(18)20-8-5-9-27(17-20)22(28)19-6-3-2-4-7-19/h2-3,16,19-20H,4-15,17H2,1H3/t19-,20+/m1/s1. The molecule has 0 unspecified atom stereocenters. The number of likely N-dealkylation sites (tertiary alicyclic amines) is 1. The van der Waals surface area contributed by atoms with E-state index in [0.717, 1.165) is 100 Å². The van der Waals surface area contributed by atoms with Crippen molar-refractivity contribution in [3.63, 3.8) is 0 Å². The van der Waals surface area contributed by atoms with Gasteiger partial charge in [0.2, 0.25) is 5.91 Å². The van der Waals surface area contributed by atoms with Gasteiger partial charge in [0, 0.05) is 56.5 Å². The van der Waals surface area contributed by atoms with Crippen LogP contribution in [-0.2, 0) is 9.53 Å². The van der Waals surface area contributed by atoms with Crippen LogP contribution in [0, 0.1) is 12.8 Å². The van der Waals surface area contributed by atoms with E-state index >= 15 is 0 Å². The highest BCUT2D eigenvalue weighted by molar-refractivity contribution is 7.99. The Morgan fingerprint density at radius 3 is 2.90 bits per heavy atom. The molecule has 1 aliphatic carbocycles. The molecule has 2 saturated heterocycles. The Bertz CT molecular complexity index is 751. The molecule has 2 fully saturated rings. The lowest BCUT2D eigenvalue weighted by atomic mass is 9.89. The van der Waals surface area contributed by atoms with Crippen LogP contribution in [0.2, 0.25) is 0 Å². The molecule has 2 atom stereocenters. The molecular formula is C23H34N4O2S. The highest BCUT2D eigenvalue weighted by Gasteiger charge is 2.30. The van der Waals surface area contributed by atoms with Gasteiger partial charge in [0.25, 0.3) is 0 Å². The molecule has 2 aliphatic heterocycles. The maximum atomic E-state index is 13.0. The number of carbonyl (C=O) groups is 1. The Balaban J connectivity index is 1.35. The molecule has 30 heavy (non-hydrogen) atoms. The van der Waals surface area contributed by atoms with Crippen LogP contribution in [0.1, 0.15) is 49.3 Å². The fourth-order valence-corrected chi connectivity index (χ4v) is 5.51. The van der Waals surface area contributed by atoms with Gasteiger partial charge in [-0.15, -0.1) is 0 Å². The average molecular weight is 431 g/mol. The third kappa shape index (κ3) is 5.62. The van der Waals surface area contributed by atoms with Crippen LogP contribution in [0.25, 0.3) is 0 Å². The number of rotatable bonds is 6. The van der Waals surface area contributed by atoms with Gasteiger partial charge in [-0.3, -0.25) is 9.69 Å². The van der Waals surface area contributed by atoms with E-state index in [0.29, 0.717) is 11.8 Å². The summed E-state index contributed by atoms with van der Waals surface area (Å²) in [7, 11) is 0. The van der Waals surface area contributed by atoms with Crippen LogP contribution in [0.4, 0.5) is 0 Å². The van der Waals surface area contributed by atoms with Gasteiger partial charge in [-0.2, -0.15) is 0 Å². The number of nitrogens with zero attached hydrogens (tertiary/aromatic N) is 4. The van der Waals surface area contributed by atoms with E-state index in [1.165, 1.54) is 0 Å². The lowest BCUT2D eigenvalue weighted by molar-refractivity contribution is -0.137. The number of aromatic nitrogens is 2. The number of hydrogen-bond donors (Lipinski definition) is 0. The second kappa shape index (κ2) is 10.7. The summed E-state index contributed by atoms with van der Waals surface area (Å²) in [6.45, 7) is 8.54. The van der Waals surface area contributed by atoms with Crippen molar-refractivity contribution in [3.8, 4) is 0 Å². The van der Waals surface area contributed by atoms with Crippen LogP contribution in [0.15, 0.2) is 23.5 Å². The molecule has 0 saturated carbocycles. The van der Waals surface area contributed by atoms with E-state index in [4.69, 9.17) is 9.72 Å². The molecule has 4 rings (SSSR count). The first-order chi connectivity index (χ1) is 14.7. The van der Waals surface area contributed by atoms with Gasteiger partial charge >= 0.3 is 0 Å². The van der Waals surface area contributed by atoms with Gasteiger partial charge in [0.15, 0.2) is 5.16 Å². The zero-order valence-electron chi connectivity index (χ0n) is 18.1. The SMILES string of the molecule is Cc1cnc(SCCN2CCOCC2)nc1[C@H]1CCCN(C(=O)[C@@H]2CC=CCC2)C1. The predicted octanol–water partition coefficient (Wildman–Crippen LogP) is 3.27. The zero-order valence-corrected chi connectivity index (χ0v) is 18.9. The summed E-state index contributed by atoms with van der Waals surface area (Å²) in [6.07, 6.45) is 11.4. The largest absolute Gasteiger partial charge is 0.379 e. The fraction of sp³-hybridized carbons (Fsp3) is 0.696. The smallest absolute Gasteiger partial charge is 0.226 e. The molecule has 0 aromatic carbocycles. The Morgan fingerprint density at radius 2 is 2.10 bits per heavy atom. The van der Waals surface area contributed by atoms with Crippen molar-refractivity contribution in [1.29, 1.82) is 0 Å². The van der Waals surface area contributed by atoms with E-state index < -0.39 is 0 Å². The number of aryl methyl sites for hydroxylation is 1. The third-order valence-electron chi connectivity index (χ3n) is 6.47. The zero-order chi connectivity index (χ0) is 20.8. The van der Waals surface area contributed by atoms with Crippen LogP contribution in [-0.4, -0.2) is 77.4 Å². The first-order valence-electron chi connectivity index (χ1n) is 11.4. The normalized spacial score (nSPS) is 25.4. The summed E-state index contributed by atoms with van der Waals surface area (Å²) in [5.41, 5.74) is 2.28. The predicted molar refractivity (Wildman–Crippen MR) is 120 cm³/mol. The van der Waals surface area contributed by atoms with Gasteiger partial charge in [0.05, 0.1) is 18.9 Å². The van der Waals surface area contributed by atoms with Crippen molar-refractivity contribution in [2.45, 2.75) is 50.1 Å². The lowest BCUT2D eigenvalue weighted by Gasteiger charge is -2.35. The molecule has 3 heterocycles. The quantitative estimate of drug-likeness (QED) is 0.392. The van der Waals surface area contributed by atoms with Crippen molar-refractivity contribution in [3.05, 3.63) is 29.6 Å². The fourth-order valence-electron chi connectivity index (χ4n) is 4.69. The summed E-state index contributed by atoms with van der Waals surface area (Å²) in [5, 5.41) is 0.865. The molecule has 0 radical (unpaired) electrons. The minimum Gasteiger partial charge on any atom is -0.379 e. The van der Waals surface area contributed by atoms with E-state index in [1.807, 2.05) is 6.20 Å². The Hall–Kier alpha value is -1.44. The molecule has 1 aromatic heterocycles. The summed E-state index contributed by atoms with van der Waals surface area (Å²) in [4.78, 5) is 27.1. The van der Waals surface area contributed by atoms with E-state index in [1.54, 1.807) is 11.8 Å². The number of amides is 1. The van der Waals surface area contributed by atoms with E-state index in [9.17, 15) is 4.79 Å². The second-order valence-corrected chi connectivity index (χ2v) is 9.69. The summed E-state index contributed by atoms with van der Waals surface area (Å²) in [5.74, 6) is 1.83. The van der Waals surface area contributed by atoms with Crippen LogP contribution < -0.4 is 0 Å². The molecule has 3 aliphatic rings. The molecule has 164 valence electrons. The summed E-state index contributed by atoms with van der Waals surface area (Å²) < 4.78 is 5.42. The number of ether oxygens (including phenoxy) is 1. The molecule has 0 N–H and O–H groups in total. The van der Waals surface area contributed by atoms with Gasteiger partial charge in [-0.25, -0.2) is 9.97 Å². The van der Waals surface area contributed by atoms with Crippen molar-refractivity contribution >= 4 is 17.7 Å². The van der Waals surface area contributed by atoms with E-state index in [-0.39, 0.29) is 5.92 Å². The number of carbonyl (C=O) groups excluding carboxylic acids is 1. The summed E-state index contributed by atoms with van der Waals surface area (Å²) in [6, 6.07) is 0. The first-order valence-corrected chi connectivity index (χ1v) is 12.4. The van der Waals surface area contributed by atoms with Crippen LogP contribution in [0.5, 0.6) is 0 Å². The van der Waals surface area contributed by atoms with Crippen molar-refractivity contribution in [2.24, 2.45) is 5.92 Å². The average Bonchev–Trinajstić information content (AvgIpc) is 2.81. The molecule has 7 heteroatoms. The van der Waals surface area contributed by atoms with Crippen molar-refractivity contribution in [1.82, 2.24) is 19.8 Å². The second-order valence-electron chi connectivity index (χ2n) is 8.63. The molecule has 1 aromatic rings. The molecule has 0 spiro atoms. The third-order valence-corrected chi connectivity index (χ3v) is 7.31. The Labute approximate surface area is 184 Å². The topological polar surface area (TPSA) is 58.6 Å². The van der Waals surface area contributed by atoms with Crippen molar-refractivity contribution < 1.29 is 9.53 Å². The van der Waals surface area contributed by atoms with Crippen molar-refractivity contribution in [2.75, 3.05) is 51.7 Å². The Kier molecular flexibility index (Phi) is 7.79. The Morgan fingerprint density at radius 1 is 1.23 bits per heavy atom. The maximum absolute atomic E-state index is 13.0. The number of allylic oxidation sites excluding steroid dienone is 2. The summed E-state index contributed by atoms with van der Waals surface area (Å²) >= 11 is 1.74. The van der Waals surface area contributed by atoms with Gasteiger partial charge < -0.3 is 9.64 Å². The maximum Gasteiger partial charge on any atom is 0.226 e. The van der Waals surface area contributed by atoms with Gasteiger partial charge in [-0.05, 0) is 44.6 Å². The van der Waals surface area contributed by atoms with E-state index in [2.05, 4.69) is 33.9 Å². The van der Waals surface area contributed by atoms with Crippen LogP contribution in [0.3, 0.4) is 0 Å². The molecule has 0 bridgehead atoms. The van der Waals surface area contributed by atoms with Crippen LogP contribution >= 0.6 is 11.8 Å². The highest BCUT2D eigenvalue weighted by Crippen LogP contribution is 2.31.